The van der Waals surface area contributed by atoms with E-state index in [9.17, 15) is 0 Å². The second-order valence-corrected chi connectivity index (χ2v) is 8.63. The Hall–Kier alpha value is -1.86. The summed E-state index contributed by atoms with van der Waals surface area (Å²) in [5.74, 6) is 1.05. The minimum Gasteiger partial charge on any atom is -0.364 e. The minimum absolute atomic E-state index is 0.221. The molecule has 1 saturated carbocycles. The average molecular weight is 446 g/mol. The zero-order valence-electron chi connectivity index (χ0n) is 16.4. The van der Waals surface area contributed by atoms with Gasteiger partial charge in [-0.1, -0.05) is 33.2 Å². The van der Waals surface area contributed by atoms with Gasteiger partial charge in [0.1, 0.15) is 6.26 Å². The number of nitrogens with zero attached hydrogens (tertiary/aromatic N) is 4. The molecule has 0 unspecified atom stereocenters. The van der Waals surface area contributed by atoms with Crippen LogP contribution in [0.5, 0.6) is 0 Å². The van der Waals surface area contributed by atoms with Gasteiger partial charge in [-0.3, -0.25) is 9.89 Å². The predicted molar refractivity (Wildman–Crippen MR) is 114 cm³/mol. The van der Waals surface area contributed by atoms with Gasteiger partial charge in [-0.25, -0.2) is 0 Å². The van der Waals surface area contributed by atoms with E-state index in [4.69, 9.17) is 9.52 Å². The van der Waals surface area contributed by atoms with Crippen LogP contribution in [0.3, 0.4) is 0 Å². The summed E-state index contributed by atoms with van der Waals surface area (Å²) in [6.07, 6.45) is 4.08. The molecule has 28 heavy (non-hydrogen) atoms. The Morgan fingerprint density at radius 2 is 2.07 bits per heavy atom. The SMILES string of the molecule is CCNC(=NCC1(c2cccc(Br)c2)CC1)N1CCN(Cc2ccon2)CC1. The van der Waals surface area contributed by atoms with E-state index in [1.54, 1.807) is 6.26 Å². The Morgan fingerprint density at radius 3 is 2.71 bits per heavy atom. The van der Waals surface area contributed by atoms with Crippen LogP contribution in [0, 0.1) is 0 Å². The molecule has 2 fully saturated rings. The van der Waals surface area contributed by atoms with Crippen molar-refractivity contribution in [2.75, 3.05) is 39.3 Å². The molecule has 2 aliphatic rings. The molecule has 1 aromatic heterocycles. The Balaban J connectivity index is 1.37. The topological polar surface area (TPSA) is 56.9 Å². The molecular formula is C21H28BrN5O. The van der Waals surface area contributed by atoms with Crippen molar-refractivity contribution in [2.24, 2.45) is 4.99 Å². The van der Waals surface area contributed by atoms with Crippen LogP contribution in [0.15, 0.2) is 50.6 Å². The zero-order valence-corrected chi connectivity index (χ0v) is 18.0. The van der Waals surface area contributed by atoms with Gasteiger partial charge in [-0.05, 0) is 37.5 Å². The minimum atomic E-state index is 0.221. The van der Waals surface area contributed by atoms with E-state index in [0.717, 1.165) is 61.9 Å². The molecule has 0 amide bonds. The first-order chi connectivity index (χ1) is 13.7. The fourth-order valence-corrected chi connectivity index (χ4v) is 4.22. The molecule has 150 valence electrons. The van der Waals surface area contributed by atoms with Crippen LogP contribution < -0.4 is 5.32 Å². The number of hydrogen-bond acceptors (Lipinski definition) is 4. The first kappa shape index (κ1) is 19.5. The van der Waals surface area contributed by atoms with Crippen LogP contribution in [0.2, 0.25) is 0 Å². The number of rotatable bonds is 6. The molecule has 1 aromatic carbocycles. The maximum Gasteiger partial charge on any atom is 0.194 e. The van der Waals surface area contributed by atoms with Gasteiger partial charge in [0.15, 0.2) is 5.96 Å². The van der Waals surface area contributed by atoms with Crippen molar-refractivity contribution < 1.29 is 4.52 Å². The third-order valence-electron chi connectivity index (χ3n) is 5.71. The highest BCUT2D eigenvalue weighted by atomic mass is 79.9. The molecule has 1 aliphatic carbocycles. The van der Waals surface area contributed by atoms with Gasteiger partial charge in [-0.2, -0.15) is 0 Å². The molecule has 1 saturated heterocycles. The fourth-order valence-electron chi connectivity index (χ4n) is 3.83. The number of aliphatic imine (C=N–C) groups is 1. The predicted octanol–water partition coefficient (Wildman–Crippen LogP) is 3.25. The van der Waals surface area contributed by atoms with Gasteiger partial charge in [0.05, 0.1) is 12.2 Å². The van der Waals surface area contributed by atoms with Gasteiger partial charge in [0, 0.05) is 55.2 Å². The van der Waals surface area contributed by atoms with Crippen LogP contribution in [0.4, 0.5) is 0 Å². The third kappa shape index (κ3) is 4.58. The highest BCUT2D eigenvalue weighted by molar-refractivity contribution is 9.10. The largest absolute Gasteiger partial charge is 0.364 e. The van der Waals surface area contributed by atoms with Crippen molar-refractivity contribution in [3.8, 4) is 0 Å². The van der Waals surface area contributed by atoms with Gasteiger partial charge < -0.3 is 14.7 Å². The number of nitrogens with one attached hydrogen (secondary N) is 1. The summed E-state index contributed by atoms with van der Waals surface area (Å²) >= 11 is 3.61. The Labute approximate surface area is 175 Å². The molecule has 0 radical (unpaired) electrons. The summed E-state index contributed by atoms with van der Waals surface area (Å²) in [5.41, 5.74) is 2.62. The quantitative estimate of drug-likeness (QED) is 0.546. The summed E-state index contributed by atoms with van der Waals surface area (Å²) in [6.45, 7) is 8.71. The molecule has 6 nitrogen and oxygen atoms in total. The smallest absolute Gasteiger partial charge is 0.194 e. The monoisotopic (exact) mass is 445 g/mol. The van der Waals surface area contributed by atoms with E-state index in [0.29, 0.717) is 0 Å². The molecule has 0 spiro atoms. The number of hydrogen-bond donors (Lipinski definition) is 1. The summed E-state index contributed by atoms with van der Waals surface area (Å²) in [4.78, 5) is 9.86. The van der Waals surface area contributed by atoms with E-state index < -0.39 is 0 Å². The first-order valence-electron chi connectivity index (χ1n) is 10.1. The molecule has 4 rings (SSSR count). The van der Waals surface area contributed by atoms with E-state index in [-0.39, 0.29) is 5.41 Å². The Bertz CT molecular complexity index is 795. The molecular weight excluding hydrogens is 418 g/mol. The second kappa shape index (κ2) is 8.66. The highest BCUT2D eigenvalue weighted by Gasteiger charge is 2.44. The Morgan fingerprint density at radius 1 is 1.25 bits per heavy atom. The standard InChI is InChI=1S/C21H28BrN5O/c1-2-23-20(24-16-21(7-8-21)17-4-3-5-18(22)14-17)27-11-9-26(10-12-27)15-19-6-13-28-25-19/h3-6,13-14H,2,7-12,15-16H2,1H3,(H,23,24). The number of halogens is 1. The second-order valence-electron chi connectivity index (χ2n) is 7.71. The van der Waals surface area contributed by atoms with Gasteiger partial charge in [0.25, 0.3) is 0 Å². The summed E-state index contributed by atoms with van der Waals surface area (Å²) in [6, 6.07) is 10.6. The van der Waals surface area contributed by atoms with Crippen LogP contribution in [-0.4, -0.2) is 60.2 Å². The van der Waals surface area contributed by atoms with E-state index in [1.807, 2.05) is 6.07 Å². The van der Waals surface area contributed by atoms with Crippen molar-refractivity contribution in [2.45, 2.75) is 31.7 Å². The maximum atomic E-state index is 5.05. The lowest BCUT2D eigenvalue weighted by Crippen LogP contribution is -2.52. The molecule has 0 atom stereocenters. The van der Waals surface area contributed by atoms with Gasteiger partial charge >= 0.3 is 0 Å². The molecule has 2 heterocycles. The van der Waals surface area contributed by atoms with E-state index >= 15 is 0 Å². The zero-order chi connectivity index (χ0) is 19.4. The van der Waals surface area contributed by atoms with Crippen molar-refractivity contribution in [1.29, 1.82) is 0 Å². The summed E-state index contributed by atoms with van der Waals surface area (Å²) in [7, 11) is 0. The van der Waals surface area contributed by atoms with Crippen molar-refractivity contribution in [1.82, 2.24) is 20.3 Å². The maximum absolute atomic E-state index is 5.05. The molecule has 1 aliphatic heterocycles. The van der Waals surface area contributed by atoms with Crippen LogP contribution in [0.25, 0.3) is 0 Å². The summed E-state index contributed by atoms with van der Waals surface area (Å²) in [5, 5.41) is 7.52. The summed E-state index contributed by atoms with van der Waals surface area (Å²) < 4.78 is 6.09. The van der Waals surface area contributed by atoms with Gasteiger partial charge in [0.2, 0.25) is 0 Å². The van der Waals surface area contributed by atoms with Crippen LogP contribution in [0.1, 0.15) is 31.0 Å². The molecule has 2 aromatic rings. The van der Waals surface area contributed by atoms with E-state index in [1.165, 1.54) is 18.4 Å². The fraction of sp³-hybridized carbons (Fsp3) is 0.524. The lowest BCUT2D eigenvalue weighted by molar-refractivity contribution is 0.169. The average Bonchev–Trinajstić information content (AvgIpc) is 3.33. The normalized spacial score (nSPS) is 19.6. The number of guanidine groups is 1. The molecule has 0 bridgehead atoms. The number of aromatic nitrogens is 1. The lowest BCUT2D eigenvalue weighted by Gasteiger charge is -2.36. The van der Waals surface area contributed by atoms with Crippen molar-refractivity contribution in [3.05, 3.63) is 52.3 Å². The van der Waals surface area contributed by atoms with Crippen molar-refractivity contribution >= 4 is 21.9 Å². The van der Waals surface area contributed by atoms with Crippen LogP contribution in [-0.2, 0) is 12.0 Å². The molecule has 7 heteroatoms. The van der Waals surface area contributed by atoms with E-state index in [2.05, 4.69) is 67.4 Å². The van der Waals surface area contributed by atoms with Crippen LogP contribution >= 0.6 is 15.9 Å². The number of benzene rings is 1. The lowest BCUT2D eigenvalue weighted by atomic mass is 9.96. The highest BCUT2D eigenvalue weighted by Crippen LogP contribution is 2.48. The van der Waals surface area contributed by atoms with Crippen molar-refractivity contribution in [3.63, 3.8) is 0 Å². The van der Waals surface area contributed by atoms with Gasteiger partial charge in [-0.15, -0.1) is 0 Å². The number of piperazine rings is 1. The third-order valence-corrected chi connectivity index (χ3v) is 6.20. The molecule has 1 N–H and O–H groups in total. The Kier molecular flexibility index (Phi) is 6.01. The first-order valence-corrected chi connectivity index (χ1v) is 10.9.